The van der Waals surface area contributed by atoms with Gasteiger partial charge in [0.25, 0.3) is 0 Å². The van der Waals surface area contributed by atoms with Crippen LogP contribution in [-0.4, -0.2) is 0 Å². The highest BCUT2D eigenvalue weighted by Crippen LogP contribution is 2.34. The van der Waals surface area contributed by atoms with Crippen molar-refractivity contribution in [3.63, 3.8) is 0 Å². The monoisotopic (exact) mass is 241 g/mol. The van der Waals surface area contributed by atoms with Gasteiger partial charge in [-0.3, -0.25) is 0 Å². The van der Waals surface area contributed by atoms with E-state index in [0.717, 1.165) is 18.4 Å². The van der Waals surface area contributed by atoms with Gasteiger partial charge < -0.3 is 0 Å². The lowest BCUT2D eigenvalue weighted by atomic mass is 9.85. The van der Waals surface area contributed by atoms with Gasteiger partial charge in [-0.2, -0.15) is 5.26 Å². The van der Waals surface area contributed by atoms with E-state index in [9.17, 15) is 0 Å². The molecule has 0 fully saturated rings. The topological polar surface area (TPSA) is 23.8 Å². The van der Waals surface area contributed by atoms with Crippen LogP contribution >= 0.6 is 0 Å². The third-order valence-electron chi connectivity index (χ3n) is 3.39. The van der Waals surface area contributed by atoms with Crippen LogP contribution in [0.25, 0.3) is 0 Å². The Labute approximate surface area is 111 Å². The molecular formula is C17H23N. The summed E-state index contributed by atoms with van der Waals surface area (Å²) in [5.74, 6) is 0.944. The molecule has 1 rings (SSSR count). The van der Waals surface area contributed by atoms with E-state index in [1.54, 1.807) is 0 Å². The molecule has 0 spiro atoms. The Morgan fingerprint density at radius 1 is 1.33 bits per heavy atom. The van der Waals surface area contributed by atoms with Gasteiger partial charge in [-0.25, -0.2) is 0 Å². The summed E-state index contributed by atoms with van der Waals surface area (Å²) in [5, 5.41) is 9.16. The minimum absolute atomic E-state index is 0.434. The molecule has 0 bridgehead atoms. The van der Waals surface area contributed by atoms with Crippen molar-refractivity contribution in [2.75, 3.05) is 0 Å². The van der Waals surface area contributed by atoms with E-state index in [4.69, 9.17) is 5.26 Å². The average molecular weight is 241 g/mol. The molecule has 0 saturated heterocycles. The van der Waals surface area contributed by atoms with Crippen molar-refractivity contribution in [3.8, 4) is 6.07 Å². The molecule has 1 nitrogen and oxygen atoms in total. The molecule has 0 radical (unpaired) electrons. The first-order valence-corrected chi connectivity index (χ1v) is 6.66. The molecular weight excluding hydrogens is 218 g/mol. The standard InChI is InChI=1S/C17H23N/c1-6-7-16-15(12(2)3)9-8-14(11-18)10-17(16)13(4)5/h6,8,10,12-13H,1,7,9H2,2-5H3. The molecule has 0 aromatic heterocycles. The van der Waals surface area contributed by atoms with Crippen LogP contribution in [0.3, 0.4) is 0 Å². The number of rotatable bonds is 4. The van der Waals surface area contributed by atoms with Gasteiger partial charge >= 0.3 is 0 Å². The molecule has 96 valence electrons. The molecule has 0 atom stereocenters. The van der Waals surface area contributed by atoms with Crippen LogP contribution in [0.2, 0.25) is 0 Å². The molecule has 0 amide bonds. The van der Waals surface area contributed by atoms with E-state index in [1.165, 1.54) is 16.7 Å². The summed E-state index contributed by atoms with van der Waals surface area (Å²) < 4.78 is 0. The quantitative estimate of drug-likeness (QED) is 0.639. The summed E-state index contributed by atoms with van der Waals surface area (Å²) >= 11 is 0. The van der Waals surface area contributed by atoms with Crippen LogP contribution in [0.15, 0.2) is 47.1 Å². The van der Waals surface area contributed by atoms with Crippen molar-refractivity contribution in [2.24, 2.45) is 11.8 Å². The van der Waals surface area contributed by atoms with Crippen LogP contribution in [0, 0.1) is 23.2 Å². The fourth-order valence-corrected chi connectivity index (χ4v) is 2.41. The Morgan fingerprint density at radius 3 is 2.44 bits per heavy atom. The maximum absolute atomic E-state index is 9.16. The molecule has 0 unspecified atom stereocenters. The van der Waals surface area contributed by atoms with Crippen molar-refractivity contribution >= 4 is 0 Å². The molecule has 1 aliphatic carbocycles. The fraction of sp³-hybridized carbons (Fsp3) is 0.471. The van der Waals surface area contributed by atoms with Gasteiger partial charge in [0.05, 0.1) is 6.07 Å². The SMILES string of the molecule is C=CCC1=C(C(C)C)CC=C(C#N)C=C1C(C)C. The Bertz CT molecular complexity index is 450. The summed E-state index contributed by atoms with van der Waals surface area (Å²) in [6.07, 6.45) is 7.85. The summed E-state index contributed by atoms with van der Waals surface area (Å²) in [4.78, 5) is 0. The molecule has 0 N–H and O–H groups in total. The predicted octanol–water partition coefficient (Wildman–Crippen LogP) is 4.95. The van der Waals surface area contributed by atoms with E-state index < -0.39 is 0 Å². The molecule has 1 heteroatoms. The zero-order valence-corrected chi connectivity index (χ0v) is 12.0. The third-order valence-corrected chi connectivity index (χ3v) is 3.39. The smallest absolute Gasteiger partial charge is 0.0988 e. The third kappa shape index (κ3) is 3.23. The average Bonchev–Trinajstić information content (AvgIpc) is 2.49. The van der Waals surface area contributed by atoms with E-state index in [0.29, 0.717) is 11.8 Å². The summed E-state index contributed by atoms with van der Waals surface area (Å²) in [7, 11) is 0. The van der Waals surface area contributed by atoms with Crippen LogP contribution in [0.5, 0.6) is 0 Å². The minimum Gasteiger partial charge on any atom is -0.192 e. The first-order chi connectivity index (χ1) is 8.51. The van der Waals surface area contributed by atoms with Gasteiger partial charge in [0.1, 0.15) is 0 Å². The lowest BCUT2D eigenvalue weighted by Crippen LogP contribution is -2.04. The summed E-state index contributed by atoms with van der Waals surface area (Å²) in [6.45, 7) is 12.7. The van der Waals surface area contributed by atoms with Gasteiger partial charge in [0.2, 0.25) is 0 Å². The first kappa shape index (κ1) is 14.5. The van der Waals surface area contributed by atoms with Crippen LogP contribution in [0.4, 0.5) is 0 Å². The van der Waals surface area contributed by atoms with Gasteiger partial charge in [-0.15, -0.1) is 6.58 Å². The van der Waals surface area contributed by atoms with E-state index in [1.807, 2.05) is 12.2 Å². The van der Waals surface area contributed by atoms with Gasteiger partial charge in [-0.05, 0) is 41.9 Å². The van der Waals surface area contributed by atoms with Crippen molar-refractivity contribution in [1.82, 2.24) is 0 Å². The Balaban J connectivity index is 3.38. The number of nitrogens with zero attached hydrogens (tertiary/aromatic N) is 1. The summed E-state index contributed by atoms with van der Waals surface area (Å²) in [5.41, 5.74) is 4.91. The van der Waals surface area contributed by atoms with E-state index in [-0.39, 0.29) is 0 Å². The summed E-state index contributed by atoms with van der Waals surface area (Å²) in [6, 6.07) is 2.28. The zero-order chi connectivity index (χ0) is 13.7. The maximum Gasteiger partial charge on any atom is 0.0988 e. The Morgan fingerprint density at radius 2 is 2.00 bits per heavy atom. The Hall–Kier alpha value is -1.55. The Kier molecular flexibility index (Phi) is 5.16. The molecule has 0 aliphatic heterocycles. The van der Waals surface area contributed by atoms with Crippen molar-refractivity contribution in [3.05, 3.63) is 47.1 Å². The second-order valence-corrected chi connectivity index (χ2v) is 5.38. The molecule has 0 aromatic carbocycles. The fourth-order valence-electron chi connectivity index (χ4n) is 2.41. The van der Waals surface area contributed by atoms with Crippen LogP contribution < -0.4 is 0 Å². The van der Waals surface area contributed by atoms with Crippen molar-refractivity contribution in [1.29, 1.82) is 5.26 Å². The predicted molar refractivity (Wildman–Crippen MR) is 77.9 cm³/mol. The van der Waals surface area contributed by atoms with Gasteiger partial charge in [0, 0.05) is 5.57 Å². The highest BCUT2D eigenvalue weighted by atomic mass is 14.3. The van der Waals surface area contributed by atoms with Crippen molar-refractivity contribution < 1.29 is 0 Å². The molecule has 0 saturated carbocycles. The second kappa shape index (κ2) is 6.40. The number of hydrogen-bond donors (Lipinski definition) is 0. The number of hydrogen-bond acceptors (Lipinski definition) is 1. The minimum atomic E-state index is 0.434. The highest BCUT2D eigenvalue weighted by Gasteiger charge is 2.18. The van der Waals surface area contributed by atoms with Gasteiger partial charge in [-0.1, -0.05) is 45.4 Å². The van der Waals surface area contributed by atoms with E-state index >= 15 is 0 Å². The lowest BCUT2D eigenvalue weighted by Gasteiger charge is -2.20. The zero-order valence-electron chi connectivity index (χ0n) is 12.0. The molecule has 0 heterocycles. The first-order valence-electron chi connectivity index (χ1n) is 6.66. The largest absolute Gasteiger partial charge is 0.192 e. The van der Waals surface area contributed by atoms with Crippen LogP contribution in [0.1, 0.15) is 40.5 Å². The van der Waals surface area contributed by atoms with E-state index in [2.05, 4.69) is 46.4 Å². The van der Waals surface area contributed by atoms with Crippen molar-refractivity contribution in [2.45, 2.75) is 40.5 Å². The van der Waals surface area contributed by atoms with Gasteiger partial charge in [0.15, 0.2) is 0 Å². The molecule has 1 aliphatic rings. The van der Waals surface area contributed by atoms with Crippen LogP contribution in [-0.2, 0) is 0 Å². The second-order valence-electron chi connectivity index (χ2n) is 5.38. The molecule has 0 aromatic rings. The highest BCUT2D eigenvalue weighted by molar-refractivity contribution is 5.49. The maximum atomic E-state index is 9.16. The number of allylic oxidation sites excluding steroid dienone is 7. The molecule has 18 heavy (non-hydrogen) atoms. The lowest BCUT2D eigenvalue weighted by molar-refractivity contribution is 0.711. The normalized spacial score (nSPS) is 16.3. The number of nitriles is 1.